The van der Waals surface area contributed by atoms with Crippen LogP contribution in [0.4, 0.5) is 10.5 Å². The van der Waals surface area contributed by atoms with Crippen LogP contribution in [0.1, 0.15) is 31.1 Å². The number of H-pyrrole nitrogens is 1. The summed E-state index contributed by atoms with van der Waals surface area (Å²) in [7, 11) is 0. The molecule has 2 aliphatic rings. The molecule has 0 radical (unpaired) electrons. The molecule has 3 atom stereocenters. The lowest BCUT2D eigenvalue weighted by Crippen LogP contribution is -2.39. The van der Waals surface area contributed by atoms with Crippen molar-refractivity contribution in [1.29, 1.82) is 0 Å². The Kier molecular flexibility index (Phi) is 7.11. The molecule has 4 N–H and O–H groups in total. The van der Waals surface area contributed by atoms with Gasteiger partial charge in [-0.3, -0.25) is 14.3 Å². The van der Waals surface area contributed by atoms with Gasteiger partial charge < -0.3 is 30.0 Å². The van der Waals surface area contributed by atoms with Gasteiger partial charge in [-0.2, -0.15) is 0 Å². The molecule has 2 fully saturated rings. The van der Waals surface area contributed by atoms with Crippen molar-refractivity contribution < 1.29 is 24.1 Å². The van der Waals surface area contributed by atoms with Crippen LogP contribution in [0.5, 0.6) is 5.75 Å². The highest BCUT2D eigenvalue weighted by Gasteiger charge is 2.35. The zero-order chi connectivity index (χ0) is 23.4. The van der Waals surface area contributed by atoms with Crippen molar-refractivity contribution in [2.24, 2.45) is 0 Å². The average Bonchev–Trinajstić information content (AvgIpc) is 3.17. The van der Waals surface area contributed by atoms with Gasteiger partial charge in [0, 0.05) is 43.3 Å². The summed E-state index contributed by atoms with van der Waals surface area (Å²) in [6.07, 6.45) is 1.10. The van der Waals surface area contributed by atoms with E-state index < -0.39 is 35.7 Å². The van der Waals surface area contributed by atoms with Crippen LogP contribution in [-0.4, -0.2) is 58.8 Å². The lowest BCUT2D eigenvalue weighted by Gasteiger charge is -2.23. The number of nitrogens with one attached hydrogen (secondary N) is 3. The van der Waals surface area contributed by atoms with E-state index in [2.05, 4.69) is 15.6 Å². The molecule has 11 nitrogen and oxygen atoms in total. The maximum Gasteiger partial charge on any atom is 0.330 e. The number of aryl methyl sites for hydroxylation is 1. The summed E-state index contributed by atoms with van der Waals surface area (Å²) in [6.45, 7) is 3.02. The molecule has 33 heavy (non-hydrogen) atoms. The molecule has 2 aromatic rings. The molecule has 0 aliphatic carbocycles. The minimum atomic E-state index is -0.879. The van der Waals surface area contributed by atoms with Crippen LogP contribution in [0.25, 0.3) is 0 Å². The van der Waals surface area contributed by atoms with Gasteiger partial charge in [-0.05, 0) is 31.2 Å². The molecule has 0 saturated carbocycles. The molecule has 1 aromatic heterocycles. The summed E-state index contributed by atoms with van der Waals surface area (Å²) in [6, 6.07) is 6.63. The predicted octanol–water partition coefficient (Wildman–Crippen LogP) is 0.873. The Balaban J connectivity index is 1.26. The summed E-state index contributed by atoms with van der Waals surface area (Å²) in [5.74, 6) is 0.731. The van der Waals surface area contributed by atoms with Crippen molar-refractivity contribution in [2.75, 3.05) is 25.1 Å². The first kappa shape index (κ1) is 23.0. The Morgan fingerprint density at radius 2 is 1.97 bits per heavy atom. The van der Waals surface area contributed by atoms with Crippen molar-refractivity contribution in [1.82, 2.24) is 14.9 Å². The second-order valence-electron chi connectivity index (χ2n) is 8.20. The third-order valence-corrected chi connectivity index (χ3v) is 5.71. The Morgan fingerprint density at radius 1 is 1.24 bits per heavy atom. The number of nitrogens with zero attached hydrogens (tertiary/aromatic N) is 1. The number of anilines is 1. The lowest BCUT2D eigenvalue weighted by atomic mass is 10.1. The van der Waals surface area contributed by atoms with E-state index in [4.69, 9.17) is 14.2 Å². The predicted molar refractivity (Wildman–Crippen MR) is 119 cm³/mol. The first-order valence-corrected chi connectivity index (χ1v) is 10.9. The van der Waals surface area contributed by atoms with Gasteiger partial charge in [0.25, 0.3) is 5.56 Å². The van der Waals surface area contributed by atoms with Crippen molar-refractivity contribution in [2.45, 2.75) is 50.7 Å². The maximum atomic E-state index is 12.3. The second-order valence-corrected chi connectivity index (χ2v) is 8.20. The quantitative estimate of drug-likeness (QED) is 0.501. The van der Waals surface area contributed by atoms with E-state index in [9.17, 15) is 19.5 Å². The zero-order valence-corrected chi connectivity index (χ0v) is 18.3. The molecule has 3 heterocycles. The number of aromatic nitrogens is 2. The number of ether oxygens (including phenoxy) is 3. The minimum absolute atomic E-state index is 0.0472. The average molecular weight is 460 g/mol. The molecular weight excluding hydrogens is 432 g/mol. The molecule has 2 saturated heterocycles. The maximum absolute atomic E-state index is 12.3. The Bertz CT molecular complexity index is 1080. The van der Waals surface area contributed by atoms with Crippen LogP contribution in [0, 0.1) is 6.92 Å². The largest absolute Gasteiger partial charge is 0.490 e. The highest BCUT2D eigenvalue weighted by Crippen LogP contribution is 2.27. The van der Waals surface area contributed by atoms with Gasteiger partial charge in [-0.15, -0.1) is 0 Å². The number of rotatable bonds is 6. The molecular formula is C22H28N4O7. The Labute approximate surface area is 189 Å². The fourth-order valence-corrected chi connectivity index (χ4v) is 3.84. The smallest absolute Gasteiger partial charge is 0.330 e. The number of benzene rings is 1. The third kappa shape index (κ3) is 5.81. The second kappa shape index (κ2) is 10.2. The van der Waals surface area contributed by atoms with Crippen molar-refractivity contribution in [3.05, 3.63) is 56.9 Å². The first-order valence-electron chi connectivity index (χ1n) is 10.9. The number of carbonyl (C=O) groups excluding carboxylic acids is 1. The Morgan fingerprint density at radius 3 is 2.70 bits per heavy atom. The highest BCUT2D eigenvalue weighted by molar-refractivity contribution is 5.89. The SMILES string of the molecule is Cc1cn([C@H]2C[C@H](O)[C@@H](CNC(=O)Nc3ccc(OC4CCOCC4)cc3)O2)c(=O)[nH]c1=O. The first-order chi connectivity index (χ1) is 15.9. The fourth-order valence-electron chi connectivity index (χ4n) is 3.84. The summed E-state index contributed by atoms with van der Waals surface area (Å²) in [5, 5.41) is 15.7. The van der Waals surface area contributed by atoms with E-state index in [1.807, 2.05) is 0 Å². The molecule has 1 aromatic carbocycles. The highest BCUT2D eigenvalue weighted by atomic mass is 16.5. The number of amides is 2. The number of hydrogen-bond donors (Lipinski definition) is 4. The van der Waals surface area contributed by atoms with E-state index in [0.717, 1.165) is 18.6 Å². The third-order valence-electron chi connectivity index (χ3n) is 5.71. The molecule has 11 heteroatoms. The van der Waals surface area contributed by atoms with Gasteiger partial charge in [0.2, 0.25) is 0 Å². The summed E-state index contributed by atoms with van der Waals surface area (Å²) < 4.78 is 18.2. The number of aliphatic hydroxyl groups is 1. The van der Waals surface area contributed by atoms with Crippen molar-refractivity contribution in [3.8, 4) is 5.75 Å². The minimum Gasteiger partial charge on any atom is -0.490 e. The summed E-state index contributed by atoms with van der Waals surface area (Å²) in [4.78, 5) is 38.1. The van der Waals surface area contributed by atoms with E-state index in [1.165, 1.54) is 10.8 Å². The van der Waals surface area contributed by atoms with Crippen LogP contribution in [0.3, 0.4) is 0 Å². The lowest BCUT2D eigenvalue weighted by molar-refractivity contribution is -0.0178. The van der Waals surface area contributed by atoms with Gasteiger partial charge in [-0.1, -0.05) is 0 Å². The Hall–Kier alpha value is -3.15. The van der Waals surface area contributed by atoms with E-state index in [1.54, 1.807) is 31.2 Å². The monoisotopic (exact) mass is 460 g/mol. The fraction of sp³-hybridized carbons (Fsp3) is 0.500. The molecule has 178 valence electrons. The molecule has 0 bridgehead atoms. The summed E-state index contributed by atoms with van der Waals surface area (Å²) >= 11 is 0. The summed E-state index contributed by atoms with van der Waals surface area (Å²) in [5.41, 5.74) is -0.128. The normalized spacial score (nSPS) is 23.3. The molecule has 2 amide bonds. The van der Waals surface area contributed by atoms with Crippen LogP contribution < -0.4 is 26.6 Å². The van der Waals surface area contributed by atoms with Crippen LogP contribution >= 0.6 is 0 Å². The number of aromatic amines is 1. The van der Waals surface area contributed by atoms with Gasteiger partial charge in [-0.25, -0.2) is 9.59 Å². The van der Waals surface area contributed by atoms with E-state index >= 15 is 0 Å². The van der Waals surface area contributed by atoms with Crippen LogP contribution in [0.15, 0.2) is 40.1 Å². The van der Waals surface area contributed by atoms with Gasteiger partial charge >= 0.3 is 11.7 Å². The van der Waals surface area contributed by atoms with Crippen molar-refractivity contribution >= 4 is 11.7 Å². The van der Waals surface area contributed by atoms with Gasteiger partial charge in [0.1, 0.15) is 24.2 Å². The number of hydrogen-bond acceptors (Lipinski definition) is 7. The number of carbonyl (C=O) groups is 1. The topological polar surface area (TPSA) is 144 Å². The molecule has 0 unspecified atom stereocenters. The molecule has 0 spiro atoms. The van der Waals surface area contributed by atoms with Crippen molar-refractivity contribution in [3.63, 3.8) is 0 Å². The van der Waals surface area contributed by atoms with E-state index in [-0.39, 0.29) is 19.1 Å². The van der Waals surface area contributed by atoms with Gasteiger partial charge in [0.05, 0.1) is 19.3 Å². The number of urea groups is 1. The van der Waals surface area contributed by atoms with Crippen LogP contribution in [0.2, 0.25) is 0 Å². The standard InChI is InChI=1S/C22H28N4O7/c1-13-12-26(22(30)25-20(13)28)19-10-17(27)18(33-19)11-23-21(29)24-14-2-4-15(5-3-14)32-16-6-8-31-9-7-16/h2-5,12,16-19,27H,6-11H2,1H3,(H2,23,24,29)(H,25,28,30)/t17-,18+,19+/m0/s1. The number of aliphatic hydroxyl groups excluding tert-OH is 1. The molecule has 4 rings (SSSR count). The van der Waals surface area contributed by atoms with Crippen LogP contribution in [-0.2, 0) is 9.47 Å². The van der Waals surface area contributed by atoms with E-state index in [0.29, 0.717) is 24.5 Å². The van der Waals surface area contributed by atoms with Gasteiger partial charge in [0.15, 0.2) is 0 Å². The molecule has 2 aliphatic heterocycles. The zero-order valence-electron chi connectivity index (χ0n) is 18.3.